The minimum atomic E-state index is 0.528. The Morgan fingerprint density at radius 1 is 1.11 bits per heavy atom. The molecule has 6 nitrogen and oxygen atoms in total. The standard InChI is InChI=1S/C12H15N5O/c1-2-4-9-10(5-3-1)14-7-15-12(9)13-6-11-16-8-18-17-11/h7-8H,1-6H2,(H,13,14,15). The fourth-order valence-corrected chi connectivity index (χ4v) is 2.28. The molecule has 2 aromatic heterocycles. The fourth-order valence-electron chi connectivity index (χ4n) is 2.28. The van der Waals surface area contributed by atoms with Crippen LogP contribution in [0.5, 0.6) is 0 Å². The third kappa shape index (κ3) is 2.32. The molecule has 1 N–H and O–H groups in total. The topological polar surface area (TPSA) is 76.7 Å². The summed E-state index contributed by atoms with van der Waals surface area (Å²) in [7, 11) is 0. The van der Waals surface area contributed by atoms with Crippen LogP contribution in [0.15, 0.2) is 17.2 Å². The molecule has 2 aromatic rings. The Kier molecular flexibility index (Phi) is 3.16. The van der Waals surface area contributed by atoms with E-state index in [1.54, 1.807) is 6.33 Å². The van der Waals surface area contributed by atoms with Gasteiger partial charge in [0.2, 0.25) is 6.39 Å². The van der Waals surface area contributed by atoms with Gasteiger partial charge in [-0.05, 0) is 25.7 Å². The molecule has 6 heteroatoms. The molecule has 0 amide bonds. The second-order valence-electron chi connectivity index (χ2n) is 4.41. The van der Waals surface area contributed by atoms with Crippen molar-refractivity contribution in [3.8, 4) is 0 Å². The molecule has 0 saturated carbocycles. The van der Waals surface area contributed by atoms with Crippen LogP contribution >= 0.6 is 0 Å². The minimum absolute atomic E-state index is 0.528. The molecule has 0 bridgehead atoms. The summed E-state index contributed by atoms with van der Waals surface area (Å²) in [4.78, 5) is 12.7. The second kappa shape index (κ2) is 5.12. The van der Waals surface area contributed by atoms with Crippen molar-refractivity contribution in [2.24, 2.45) is 0 Å². The van der Waals surface area contributed by atoms with Crippen LogP contribution in [0.25, 0.3) is 0 Å². The van der Waals surface area contributed by atoms with Crippen LogP contribution in [0, 0.1) is 0 Å². The van der Waals surface area contributed by atoms with Crippen LogP contribution in [0.2, 0.25) is 0 Å². The third-order valence-corrected chi connectivity index (χ3v) is 3.20. The first-order valence-electron chi connectivity index (χ1n) is 6.25. The van der Waals surface area contributed by atoms with Gasteiger partial charge in [-0.3, -0.25) is 0 Å². The van der Waals surface area contributed by atoms with Gasteiger partial charge in [0.25, 0.3) is 0 Å². The molecule has 0 radical (unpaired) electrons. The monoisotopic (exact) mass is 245 g/mol. The van der Waals surface area contributed by atoms with Crippen LogP contribution in [-0.4, -0.2) is 20.1 Å². The normalized spacial score (nSPS) is 14.9. The Morgan fingerprint density at radius 2 is 2.06 bits per heavy atom. The predicted molar refractivity (Wildman–Crippen MR) is 64.9 cm³/mol. The molecule has 0 unspecified atom stereocenters. The van der Waals surface area contributed by atoms with Crippen molar-refractivity contribution >= 4 is 5.82 Å². The van der Waals surface area contributed by atoms with E-state index >= 15 is 0 Å². The van der Waals surface area contributed by atoms with E-state index in [4.69, 9.17) is 4.52 Å². The van der Waals surface area contributed by atoms with Gasteiger partial charge in [-0.1, -0.05) is 11.6 Å². The smallest absolute Gasteiger partial charge is 0.213 e. The van der Waals surface area contributed by atoms with Gasteiger partial charge in [0.05, 0.1) is 6.54 Å². The largest absolute Gasteiger partial charge is 0.362 e. The summed E-state index contributed by atoms with van der Waals surface area (Å²) in [5.41, 5.74) is 2.43. The summed E-state index contributed by atoms with van der Waals surface area (Å²) >= 11 is 0. The number of anilines is 1. The number of hydrogen-bond donors (Lipinski definition) is 1. The SMILES string of the molecule is c1nc2c(c(NCc3ncon3)n1)CCCCC2. The van der Waals surface area contributed by atoms with Crippen molar-refractivity contribution < 1.29 is 4.52 Å². The Balaban J connectivity index is 1.79. The van der Waals surface area contributed by atoms with Crippen LogP contribution in [0.4, 0.5) is 5.82 Å². The average Bonchev–Trinajstić information content (AvgIpc) is 2.79. The van der Waals surface area contributed by atoms with Crippen LogP contribution in [0.3, 0.4) is 0 Å². The molecular formula is C12H15N5O. The zero-order valence-electron chi connectivity index (χ0n) is 10.1. The molecule has 0 saturated heterocycles. The maximum atomic E-state index is 4.70. The molecule has 0 aromatic carbocycles. The van der Waals surface area contributed by atoms with Gasteiger partial charge in [0.15, 0.2) is 5.82 Å². The number of fused-ring (bicyclic) bond motifs is 1. The zero-order chi connectivity index (χ0) is 12.2. The highest BCUT2D eigenvalue weighted by atomic mass is 16.5. The molecule has 3 rings (SSSR count). The van der Waals surface area contributed by atoms with Crippen LogP contribution in [0.1, 0.15) is 36.3 Å². The summed E-state index contributed by atoms with van der Waals surface area (Å²) in [5.74, 6) is 1.54. The molecule has 94 valence electrons. The summed E-state index contributed by atoms with van der Waals surface area (Å²) in [6.07, 6.45) is 8.74. The van der Waals surface area contributed by atoms with Gasteiger partial charge in [-0.25, -0.2) is 9.97 Å². The zero-order valence-corrected chi connectivity index (χ0v) is 10.1. The number of hydrogen-bond acceptors (Lipinski definition) is 6. The first kappa shape index (κ1) is 11.1. The second-order valence-corrected chi connectivity index (χ2v) is 4.41. The Morgan fingerprint density at radius 3 is 2.94 bits per heavy atom. The van der Waals surface area contributed by atoms with Gasteiger partial charge < -0.3 is 9.84 Å². The van der Waals surface area contributed by atoms with Crippen LogP contribution < -0.4 is 5.32 Å². The minimum Gasteiger partial charge on any atom is -0.362 e. The van der Waals surface area contributed by atoms with Gasteiger partial charge in [-0.15, -0.1) is 0 Å². The highest BCUT2D eigenvalue weighted by molar-refractivity contribution is 5.46. The molecule has 1 aliphatic carbocycles. The van der Waals surface area contributed by atoms with E-state index in [0.717, 1.165) is 18.7 Å². The summed E-state index contributed by atoms with van der Waals surface area (Å²) < 4.78 is 4.70. The molecule has 1 aliphatic rings. The number of nitrogens with zero attached hydrogens (tertiary/aromatic N) is 4. The maximum absolute atomic E-state index is 4.70. The first-order valence-corrected chi connectivity index (χ1v) is 6.25. The number of aryl methyl sites for hydroxylation is 1. The van der Waals surface area contributed by atoms with E-state index in [1.807, 2.05) is 0 Å². The quantitative estimate of drug-likeness (QED) is 0.830. The fraction of sp³-hybridized carbons (Fsp3) is 0.500. The lowest BCUT2D eigenvalue weighted by Crippen LogP contribution is -2.08. The van der Waals surface area contributed by atoms with Gasteiger partial charge in [-0.2, -0.15) is 4.98 Å². The lowest BCUT2D eigenvalue weighted by atomic mass is 10.1. The predicted octanol–water partition coefficient (Wildman–Crippen LogP) is 1.74. The van der Waals surface area contributed by atoms with E-state index in [9.17, 15) is 0 Å². The van der Waals surface area contributed by atoms with Crippen molar-refractivity contribution in [3.05, 3.63) is 29.8 Å². The molecule has 0 spiro atoms. The Bertz CT molecular complexity index is 511. The number of rotatable bonds is 3. The van der Waals surface area contributed by atoms with Gasteiger partial charge in [0, 0.05) is 11.3 Å². The number of aromatic nitrogens is 4. The number of nitrogens with one attached hydrogen (secondary N) is 1. The highest BCUT2D eigenvalue weighted by Gasteiger charge is 2.14. The maximum Gasteiger partial charge on any atom is 0.213 e. The highest BCUT2D eigenvalue weighted by Crippen LogP contribution is 2.23. The van der Waals surface area contributed by atoms with E-state index in [0.29, 0.717) is 12.4 Å². The average molecular weight is 245 g/mol. The first-order chi connectivity index (χ1) is 8.93. The van der Waals surface area contributed by atoms with Crippen molar-refractivity contribution in [1.29, 1.82) is 0 Å². The molecule has 2 heterocycles. The van der Waals surface area contributed by atoms with Gasteiger partial charge >= 0.3 is 0 Å². The van der Waals surface area contributed by atoms with E-state index in [-0.39, 0.29) is 0 Å². The van der Waals surface area contributed by atoms with Crippen molar-refractivity contribution in [2.75, 3.05) is 5.32 Å². The van der Waals surface area contributed by atoms with Crippen molar-refractivity contribution in [1.82, 2.24) is 20.1 Å². The third-order valence-electron chi connectivity index (χ3n) is 3.20. The van der Waals surface area contributed by atoms with E-state index < -0.39 is 0 Å². The molecule has 0 aliphatic heterocycles. The lowest BCUT2D eigenvalue weighted by molar-refractivity contribution is 0.411. The van der Waals surface area contributed by atoms with E-state index in [1.165, 1.54) is 36.9 Å². The summed E-state index contributed by atoms with van der Waals surface area (Å²) in [5, 5.41) is 7.04. The summed E-state index contributed by atoms with van der Waals surface area (Å²) in [6, 6.07) is 0. The molecule has 0 atom stereocenters. The van der Waals surface area contributed by atoms with E-state index in [2.05, 4.69) is 25.4 Å². The lowest BCUT2D eigenvalue weighted by Gasteiger charge is -2.10. The van der Waals surface area contributed by atoms with Crippen molar-refractivity contribution in [2.45, 2.75) is 38.6 Å². The Hall–Kier alpha value is -1.98. The van der Waals surface area contributed by atoms with Crippen LogP contribution in [-0.2, 0) is 19.4 Å². The van der Waals surface area contributed by atoms with Crippen molar-refractivity contribution in [3.63, 3.8) is 0 Å². The molecule has 0 fully saturated rings. The van der Waals surface area contributed by atoms with Gasteiger partial charge in [0.1, 0.15) is 12.1 Å². The summed E-state index contributed by atoms with van der Waals surface area (Å²) in [6.45, 7) is 0.528. The molecule has 18 heavy (non-hydrogen) atoms. The molecular weight excluding hydrogens is 230 g/mol. The Labute approximate surface area is 105 Å².